The van der Waals surface area contributed by atoms with E-state index in [4.69, 9.17) is 10.2 Å². The van der Waals surface area contributed by atoms with Crippen LogP contribution in [0.4, 0.5) is 0 Å². The normalized spacial score (nSPS) is 13.5. The van der Waals surface area contributed by atoms with Crippen molar-refractivity contribution in [1.29, 1.82) is 0 Å². The number of hydrogen-bond acceptors (Lipinski definition) is 4. The molecule has 0 bridgehead atoms. The van der Waals surface area contributed by atoms with E-state index in [1.54, 1.807) is 6.20 Å². The summed E-state index contributed by atoms with van der Waals surface area (Å²) in [6.07, 6.45) is 3.58. The van der Waals surface area contributed by atoms with Gasteiger partial charge >= 0.3 is 0 Å². The molecule has 0 spiro atoms. The first-order valence-corrected chi connectivity index (χ1v) is 4.22. The molecule has 0 aromatic carbocycles. The molecule has 1 rings (SSSR count). The van der Waals surface area contributed by atoms with Crippen LogP contribution in [-0.4, -0.2) is 11.2 Å². The molecule has 1 aromatic rings. The number of oxazole rings is 1. The van der Waals surface area contributed by atoms with E-state index in [2.05, 4.69) is 4.98 Å². The summed E-state index contributed by atoms with van der Waals surface area (Å²) in [6.45, 7) is 1.87. The molecule has 0 aliphatic carbocycles. The Balaban J connectivity index is 2.78. The van der Waals surface area contributed by atoms with Gasteiger partial charge in [0.05, 0.1) is 12.2 Å². The minimum Gasteiger partial charge on any atom is -0.435 e. The zero-order chi connectivity index (χ0) is 7.56. The van der Waals surface area contributed by atoms with Crippen LogP contribution in [0.5, 0.6) is 0 Å². The van der Waals surface area contributed by atoms with Crippen molar-refractivity contribution < 1.29 is 4.42 Å². The van der Waals surface area contributed by atoms with E-state index in [-0.39, 0.29) is 6.04 Å². The van der Waals surface area contributed by atoms with Gasteiger partial charge in [0.1, 0.15) is 5.76 Å². The van der Waals surface area contributed by atoms with Gasteiger partial charge < -0.3 is 10.2 Å². The highest BCUT2D eigenvalue weighted by atomic mass is 32.2. The Kier molecular flexibility index (Phi) is 2.34. The lowest BCUT2D eigenvalue weighted by molar-refractivity contribution is 0.399. The van der Waals surface area contributed by atoms with Gasteiger partial charge in [-0.25, -0.2) is 4.98 Å². The van der Waals surface area contributed by atoms with Crippen molar-refractivity contribution in [2.45, 2.75) is 18.2 Å². The smallest absolute Gasteiger partial charge is 0.255 e. The van der Waals surface area contributed by atoms with Crippen LogP contribution in [-0.2, 0) is 0 Å². The minimum absolute atomic E-state index is 0.0617. The summed E-state index contributed by atoms with van der Waals surface area (Å²) in [5.74, 6) is 0.740. The SMILES string of the molecule is CSc1ncc([C@H](C)N)o1. The molecular formula is C6H10N2OS. The minimum atomic E-state index is -0.0617. The second-order valence-electron chi connectivity index (χ2n) is 2.02. The molecule has 3 nitrogen and oxygen atoms in total. The van der Waals surface area contributed by atoms with Gasteiger partial charge in [-0.1, -0.05) is 11.8 Å². The number of nitrogens with two attached hydrogens (primary N) is 1. The van der Waals surface area contributed by atoms with Crippen LogP contribution in [0.15, 0.2) is 15.8 Å². The van der Waals surface area contributed by atoms with Gasteiger partial charge in [0.15, 0.2) is 0 Å². The third-order valence-electron chi connectivity index (χ3n) is 1.13. The third-order valence-corrected chi connectivity index (χ3v) is 1.66. The number of hydrogen-bond donors (Lipinski definition) is 1. The van der Waals surface area contributed by atoms with Gasteiger partial charge in [0.2, 0.25) is 0 Å². The number of thioether (sulfide) groups is 1. The molecule has 10 heavy (non-hydrogen) atoms. The van der Waals surface area contributed by atoms with E-state index < -0.39 is 0 Å². The molecule has 1 heterocycles. The van der Waals surface area contributed by atoms with Gasteiger partial charge in [0.25, 0.3) is 5.22 Å². The molecule has 0 aliphatic rings. The predicted molar refractivity (Wildman–Crippen MR) is 40.9 cm³/mol. The molecular weight excluding hydrogens is 148 g/mol. The van der Waals surface area contributed by atoms with Crippen LogP contribution < -0.4 is 5.73 Å². The Labute approximate surface area is 64.0 Å². The second-order valence-corrected chi connectivity index (χ2v) is 2.78. The molecule has 56 valence electrons. The Morgan fingerprint density at radius 1 is 1.80 bits per heavy atom. The summed E-state index contributed by atoms with van der Waals surface area (Å²) in [6, 6.07) is -0.0617. The Hall–Kier alpha value is -0.480. The van der Waals surface area contributed by atoms with E-state index in [0.717, 1.165) is 5.76 Å². The molecule has 0 amide bonds. The zero-order valence-electron chi connectivity index (χ0n) is 6.00. The van der Waals surface area contributed by atoms with Crippen molar-refractivity contribution in [3.8, 4) is 0 Å². The number of rotatable bonds is 2. The monoisotopic (exact) mass is 158 g/mol. The topological polar surface area (TPSA) is 52.0 Å². The molecule has 2 N–H and O–H groups in total. The maximum atomic E-state index is 5.54. The fourth-order valence-corrected chi connectivity index (χ4v) is 0.912. The fraction of sp³-hybridized carbons (Fsp3) is 0.500. The van der Waals surface area contributed by atoms with Gasteiger partial charge in [-0.05, 0) is 13.2 Å². The van der Waals surface area contributed by atoms with E-state index in [1.165, 1.54) is 11.8 Å². The fourth-order valence-electron chi connectivity index (χ4n) is 0.575. The highest BCUT2D eigenvalue weighted by Crippen LogP contribution is 2.17. The molecule has 0 saturated heterocycles. The van der Waals surface area contributed by atoms with Crippen molar-refractivity contribution in [1.82, 2.24) is 4.98 Å². The van der Waals surface area contributed by atoms with Gasteiger partial charge in [-0.3, -0.25) is 0 Å². The van der Waals surface area contributed by atoms with E-state index >= 15 is 0 Å². The standard InChI is InChI=1S/C6H10N2OS/c1-4(7)5-3-8-6(9-5)10-2/h3-4H,7H2,1-2H3/t4-/m0/s1. The third kappa shape index (κ3) is 1.52. The van der Waals surface area contributed by atoms with Gasteiger partial charge in [-0.15, -0.1) is 0 Å². The summed E-state index contributed by atoms with van der Waals surface area (Å²) < 4.78 is 5.22. The van der Waals surface area contributed by atoms with E-state index in [0.29, 0.717) is 5.22 Å². The van der Waals surface area contributed by atoms with Crippen molar-refractivity contribution >= 4 is 11.8 Å². The Bertz CT molecular complexity index is 209. The summed E-state index contributed by atoms with van der Waals surface area (Å²) in [5.41, 5.74) is 5.54. The number of nitrogens with zero attached hydrogens (tertiary/aromatic N) is 1. The van der Waals surface area contributed by atoms with Crippen LogP contribution in [0, 0.1) is 0 Å². The maximum absolute atomic E-state index is 5.54. The lowest BCUT2D eigenvalue weighted by atomic mass is 10.3. The van der Waals surface area contributed by atoms with Gasteiger partial charge in [0, 0.05) is 0 Å². The van der Waals surface area contributed by atoms with E-state index in [1.807, 2.05) is 13.2 Å². The highest BCUT2D eigenvalue weighted by molar-refractivity contribution is 7.98. The van der Waals surface area contributed by atoms with Crippen LogP contribution >= 0.6 is 11.8 Å². The lowest BCUT2D eigenvalue weighted by Crippen LogP contribution is -2.02. The molecule has 0 radical (unpaired) electrons. The molecule has 0 unspecified atom stereocenters. The largest absolute Gasteiger partial charge is 0.435 e. The predicted octanol–water partition coefficient (Wildman–Crippen LogP) is 1.42. The average Bonchev–Trinajstić information content (AvgIpc) is 2.34. The lowest BCUT2D eigenvalue weighted by Gasteiger charge is -1.95. The van der Waals surface area contributed by atoms with Crippen LogP contribution in [0.2, 0.25) is 0 Å². The van der Waals surface area contributed by atoms with Crippen LogP contribution in [0.25, 0.3) is 0 Å². The van der Waals surface area contributed by atoms with Crippen LogP contribution in [0.1, 0.15) is 18.7 Å². The Morgan fingerprint density at radius 2 is 2.50 bits per heavy atom. The zero-order valence-corrected chi connectivity index (χ0v) is 6.81. The first-order valence-electron chi connectivity index (χ1n) is 2.99. The summed E-state index contributed by atoms with van der Waals surface area (Å²) in [7, 11) is 0. The average molecular weight is 158 g/mol. The molecule has 4 heteroatoms. The van der Waals surface area contributed by atoms with Crippen molar-refractivity contribution in [3.05, 3.63) is 12.0 Å². The molecule has 0 fully saturated rings. The van der Waals surface area contributed by atoms with E-state index in [9.17, 15) is 0 Å². The molecule has 0 saturated carbocycles. The summed E-state index contributed by atoms with van der Waals surface area (Å²) in [5, 5.41) is 0.673. The highest BCUT2D eigenvalue weighted by Gasteiger charge is 2.05. The number of aromatic nitrogens is 1. The summed E-state index contributed by atoms with van der Waals surface area (Å²) >= 11 is 1.47. The molecule has 0 aliphatic heterocycles. The summed E-state index contributed by atoms with van der Waals surface area (Å²) in [4.78, 5) is 3.97. The van der Waals surface area contributed by atoms with Gasteiger partial charge in [-0.2, -0.15) is 0 Å². The first-order chi connectivity index (χ1) is 4.74. The maximum Gasteiger partial charge on any atom is 0.255 e. The Morgan fingerprint density at radius 3 is 2.80 bits per heavy atom. The van der Waals surface area contributed by atoms with Crippen molar-refractivity contribution in [3.63, 3.8) is 0 Å². The van der Waals surface area contributed by atoms with Crippen LogP contribution in [0.3, 0.4) is 0 Å². The molecule has 1 aromatic heterocycles. The quantitative estimate of drug-likeness (QED) is 0.661. The molecule has 1 atom stereocenters. The van der Waals surface area contributed by atoms with Crippen molar-refractivity contribution in [2.75, 3.05) is 6.26 Å². The van der Waals surface area contributed by atoms with Crippen molar-refractivity contribution in [2.24, 2.45) is 5.73 Å². The second kappa shape index (κ2) is 3.07. The first kappa shape index (κ1) is 7.63.